The SMILES string of the molecule is Cc1n[nH]c(=O)c2c(NC(=O)CSc3nnnn3Cc3ccccc3)oc(C)c12. The maximum absolute atomic E-state index is 12.4. The minimum atomic E-state index is -0.419. The molecule has 0 spiro atoms. The molecule has 1 amide bonds. The Morgan fingerprint density at radius 1 is 1.24 bits per heavy atom. The molecule has 0 aliphatic rings. The maximum Gasteiger partial charge on any atom is 0.277 e. The van der Waals surface area contributed by atoms with Gasteiger partial charge in [0.25, 0.3) is 5.56 Å². The molecule has 1 aromatic carbocycles. The van der Waals surface area contributed by atoms with Crippen molar-refractivity contribution in [3.63, 3.8) is 0 Å². The van der Waals surface area contributed by atoms with Gasteiger partial charge in [-0.1, -0.05) is 42.1 Å². The molecule has 0 saturated carbocycles. The summed E-state index contributed by atoms with van der Waals surface area (Å²) < 4.78 is 7.21. The third-order valence-corrected chi connectivity index (χ3v) is 5.21. The summed E-state index contributed by atoms with van der Waals surface area (Å²) in [6.45, 7) is 3.98. The summed E-state index contributed by atoms with van der Waals surface area (Å²) in [5.74, 6) is 0.344. The Labute approximate surface area is 168 Å². The molecule has 0 aliphatic heterocycles. The largest absolute Gasteiger partial charge is 0.444 e. The fraction of sp³-hybridized carbons (Fsp3) is 0.222. The van der Waals surface area contributed by atoms with Crippen molar-refractivity contribution in [2.24, 2.45) is 0 Å². The van der Waals surface area contributed by atoms with E-state index < -0.39 is 5.56 Å². The van der Waals surface area contributed by atoms with E-state index >= 15 is 0 Å². The fourth-order valence-corrected chi connectivity index (χ4v) is 3.66. The van der Waals surface area contributed by atoms with Crippen molar-refractivity contribution < 1.29 is 9.21 Å². The Morgan fingerprint density at radius 2 is 2.03 bits per heavy atom. The number of amides is 1. The summed E-state index contributed by atoms with van der Waals surface area (Å²) in [5, 5.41) is 22.0. The normalized spacial score (nSPS) is 11.1. The van der Waals surface area contributed by atoms with Crippen molar-refractivity contribution in [1.29, 1.82) is 0 Å². The van der Waals surface area contributed by atoms with Gasteiger partial charge in [0.15, 0.2) is 0 Å². The molecular formula is C18H17N7O3S. The molecule has 3 heterocycles. The van der Waals surface area contributed by atoms with Gasteiger partial charge in [-0.2, -0.15) is 5.10 Å². The lowest BCUT2D eigenvalue weighted by atomic mass is 10.2. The first-order chi connectivity index (χ1) is 14.0. The van der Waals surface area contributed by atoms with Gasteiger partial charge in [0, 0.05) is 0 Å². The molecule has 0 fully saturated rings. The molecule has 11 heteroatoms. The highest BCUT2D eigenvalue weighted by Crippen LogP contribution is 2.28. The number of tetrazole rings is 1. The molecule has 4 rings (SSSR count). The minimum absolute atomic E-state index is 0.0539. The molecule has 29 heavy (non-hydrogen) atoms. The second-order valence-electron chi connectivity index (χ2n) is 6.32. The summed E-state index contributed by atoms with van der Waals surface area (Å²) in [5.41, 5.74) is 1.25. The lowest BCUT2D eigenvalue weighted by Crippen LogP contribution is -2.17. The molecule has 0 atom stereocenters. The van der Waals surface area contributed by atoms with Crippen molar-refractivity contribution in [3.05, 3.63) is 57.7 Å². The summed E-state index contributed by atoms with van der Waals surface area (Å²) >= 11 is 1.19. The Hall–Kier alpha value is -3.47. The molecule has 0 radical (unpaired) electrons. The molecule has 0 aliphatic carbocycles. The van der Waals surface area contributed by atoms with E-state index in [0.717, 1.165) is 5.56 Å². The Bertz CT molecular complexity index is 1230. The Kier molecular flexibility index (Phi) is 5.12. The first-order valence-corrected chi connectivity index (χ1v) is 9.72. The van der Waals surface area contributed by atoms with E-state index in [0.29, 0.717) is 28.5 Å². The van der Waals surface area contributed by atoms with E-state index in [1.54, 1.807) is 18.5 Å². The standard InChI is InChI=1S/C18H17N7O3S/c1-10-14-11(2)28-17(15(14)16(27)21-20-10)19-13(26)9-29-18-22-23-24-25(18)8-12-6-4-3-5-7-12/h3-7H,8-9H2,1-2H3,(H,19,26)(H,21,27). The quantitative estimate of drug-likeness (QED) is 0.460. The number of carbonyl (C=O) groups excluding carboxylic acids is 1. The first kappa shape index (κ1) is 18.9. The van der Waals surface area contributed by atoms with Gasteiger partial charge in [0.1, 0.15) is 11.1 Å². The lowest BCUT2D eigenvalue weighted by molar-refractivity contribution is -0.113. The number of carbonyl (C=O) groups is 1. The molecule has 3 aromatic heterocycles. The molecular weight excluding hydrogens is 394 g/mol. The molecule has 2 N–H and O–H groups in total. The zero-order valence-corrected chi connectivity index (χ0v) is 16.5. The number of aromatic amines is 1. The molecule has 0 bridgehead atoms. The average Bonchev–Trinajstić information content (AvgIpc) is 3.28. The molecule has 148 valence electrons. The number of fused-ring (bicyclic) bond motifs is 1. The van der Waals surface area contributed by atoms with Crippen molar-refractivity contribution in [2.75, 3.05) is 11.1 Å². The number of thioether (sulfide) groups is 1. The lowest BCUT2D eigenvalue weighted by Gasteiger charge is -2.05. The average molecular weight is 411 g/mol. The zero-order valence-electron chi connectivity index (χ0n) is 15.7. The van der Waals surface area contributed by atoms with E-state index in [4.69, 9.17) is 4.42 Å². The van der Waals surface area contributed by atoms with Crippen LogP contribution in [0.3, 0.4) is 0 Å². The highest BCUT2D eigenvalue weighted by molar-refractivity contribution is 7.99. The predicted octanol–water partition coefficient (Wildman–Crippen LogP) is 1.90. The summed E-state index contributed by atoms with van der Waals surface area (Å²) in [6.07, 6.45) is 0. The van der Waals surface area contributed by atoms with Gasteiger partial charge in [-0.05, 0) is 29.8 Å². The number of hydrogen-bond donors (Lipinski definition) is 2. The number of rotatable bonds is 6. The van der Waals surface area contributed by atoms with E-state index in [1.165, 1.54) is 11.8 Å². The maximum atomic E-state index is 12.4. The van der Waals surface area contributed by atoms with E-state index in [2.05, 4.69) is 31.0 Å². The van der Waals surface area contributed by atoms with Gasteiger partial charge in [-0.15, -0.1) is 5.10 Å². The zero-order chi connectivity index (χ0) is 20.4. The van der Waals surface area contributed by atoms with E-state index in [-0.39, 0.29) is 22.9 Å². The molecule has 0 saturated heterocycles. The van der Waals surface area contributed by atoms with Crippen LogP contribution in [0, 0.1) is 13.8 Å². The van der Waals surface area contributed by atoms with Crippen LogP contribution < -0.4 is 10.9 Å². The monoisotopic (exact) mass is 411 g/mol. The van der Waals surface area contributed by atoms with Crippen molar-refractivity contribution in [3.8, 4) is 0 Å². The van der Waals surface area contributed by atoms with E-state index in [9.17, 15) is 9.59 Å². The van der Waals surface area contributed by atoms with Crippen LogP contribution in [0.15, 0.2) is 44.7 Å². The number of aryl methyl sites for hydroxylation is 2. The van der Waals surface area contributed by atoms with Gasteiger partial charge in [-0.25, -0.2) is 9.78 Å². The number of benzene rings is 1. The van der Waals surface area contributed by atoms with Crippen LogP contribution in [0.4, 0.5) is 5.88 Å². The number of hydrogen-bond acceptors (Lipinski definition) is 8. The van der Waals surface area contributed by atoms with Gasteiger partial charge < -0.3 is 4.42 Å². The van der Waals surface area contributed by atoms with Crippen LogP contribution >= 0.6 is 11.8 Å². The fourth-order valence-electron chi connectivity index (χ4n) is 2.98. The number of furan rings is 1. The van der Waals surface area contributed by atoms with Crippen LogP contribution in [-0.4, -0.2) is 42.1 Å². The predicted molar refractivity (Wildman–Crippen MR) is 107 cm³/mol. The third kappa shape index (κ3) is 3.90. The Morgan fingerprint density at radius 3 is 2.83 bits per heavy atom. The minimum Gasteiger partial charge on any atom is -0.444 e. The molecule has 10 nitrogen and oxygen atoms in total. The number of nitrogens with one attached hydrogen (secondary N) is 2. The molecule has 4 aromatic rings. The van der Waals surface area contributed by atoms with Crippen molar-refractivity contribution in [1.82, 2.24) is 30.4 Å². The summed E-state index contributed by atoms with van der Waals surface area (Å²) in [4.78, 5) is 24.6. The van der Waals surface area contributed by atoms with Crippen LogP contribution in [0.2, 0.25) is 0 Å². The first-order valence-electron chi connectivity index (χ1n) is 8.74. The van der Waals surface area contributed by atoms with Crippen LogP contribution in [-0.2, 0) is 11.3 Å². The second-order valence-corrected chi connectivity index (χ2v) is 7.26. The van der Waals surface area contributed by atoms with Crippen LogP contribution in [0.25, 0.3) is 10.8 Å². The van der Waals surface area contributed by atoms with Crippen LogP contribution in [0.1, 0.15) is 17.0 Å². The molecule has 0 unspecified atom stereocenters. The third-order valence-electron chi connectivity index (χ3n) is 4.26. The van der Waals surface area contributed by atoms with Crippen molar-refractivity contribution in [2.45, 2.75) is 25.5 Å². The number of aromatic nitrogens is 6. The second kappa shape index (κ2) is 7.87. The topological polar surface area (TPSA) is 132 Å². The highest BCUT2D eigenvalue weighted by atomic mass is 32.2. The van der Waals surface area contributed by atoms with Gasteiger partial charge in [0.2, 0.25) is 16.9 Å². The van der Waals surface area contributed by atoms with Gasteiger partial charge >= 0.3 is 0 Å². The highest BCUT2D eigenvalue weighted by Gasteiger charge is 2.19. The van der Waals surface area contributed by atoms with Gasteiger partial charge in [0.05, 0.1) is 23.4 Å². The summed E-state index contributed by atoms with van der Waals surface area (Å²) in [7, 11) is 0. The number of anilines is 1. The van der Waals surface area contributed by atoms with E-state index in [1.807, 2.05) is 30.3 Å². The van der Waals surface area contributed by atoms with Crippen LogP contribution in [0.5, 0.6) is 0 Å². The Balaban J connectivity index is 1.46. The number of nitrogens with zero attached hydrogens (tertiary/aromatic N) is 5. The number of H-pyrrole nitrogens is 1. The smallest absolute Gasteiger partial charge is 0.277 e. The van der Waals surface area contributed by atoms with Gasteiger partial charge in [-0.3, -0.25) is 14.9 Å². The van der Waals surface area contributed by atoms with Crippen molar-refractivity contribution >= 4 is 34.3 Å². The summed E-state index contributed by atoms with van der Waals surface area (Å²) in [6, 6.07) is 9.76.